The van der Waals surface area contributed by atoms with Crippen molar-refractivity contribution in [3.63, 3.8) is 0 Å². The molecule has 0 amide bonds. The van der Waals surface area contributed by atoms with Crippen molar-refractivity contribution in [2.75, 3.05) is 20.3 Å². The van der Waals surface area contributed by atoms with Gasteiger partial charge in [0.15, 0.2) is 0 Å². The number of benzene rings is 1. The van der Waals surface area contributed by atoms with Crippen molar-refractivity contribution in [2.45, 2.75) is 0 Å². The molecule has 3 N–H and O–H groups in total. The molecule has 0 unspecified atom stereocenters. The van der Waals surface area contributed by atoms with Crippen molar-refractivity contribution in [1.82, 2.24) is 5.43 Å². The van der Waals surface area contributed by atoms with Crippen molar-refractivity contribution in [3.05, 3.63) is 34.6 Å². The van der Waals surface area contributed by atoms with Crippen molar-refractivity contribution >= 4 is 17.4 Å². The second-order valence-corrected chi connectivity index (χ2v) is 3.40. The van der Waals surface area contributed by atoms with Crippen LogP contribution >= 0.6 is 11.6 Å². The molecule has 0 bridgehead atoms. The van der Waals surface area contributed by atoms with E-state index in [2.05, 4.69) is 10.4 Å². The first kappa shape index (κ1) is 12.9. The average Bonchev–Trinajstić information content (AvgIpc) is 2.26. The number of ether oxygens (including phenoxy) is 1. The van der Waals surface area contributed by atoms with E-state index in [1.54, 1.807) is 7.11 Å². The predicted octanol–water partition coefficient (Wildman–Crippen LogP) is 1.34. The fourth-order valence-corrected chi connectivity index (χ4v) is 1.40. The second-order valence-electron chi connectivity index (χ2n) is 2.99. The Morgan fingerprint density at radius 3 is 2.94 bits per heavy atom. The number of nitrogens with one attached hydrogen (secondary N) is 1. The van der Waals surface area contributed by atoms with E-state index in [1.165, 1.54) is 18.2 Å². The topological polar surface area (TPSA) is 59.6 Å². The molecule has 0 heterocycles. The van der Waals surface area contributed by atoms with Crippen LogP contribution in [0.5, 0.6) is 0 Å². The largest absolute Gasteiger partial charge is 0.383 e. The summed E-state index contributed by atoms with van der Waals surface area (Å²) >= 11 is 5.87. The third kappa shape index (κ3) is 3.44. The van der Waals surface area contributed by atoms with Crippen LogP contribution in [-0.4, -0.2) is 26.1 Å². The lowest BCUT2D eigenvalue weighted by Crippen LogP contribution is -2.31. The third-order valence-corrected chi connectivity index (χ3v) is 2.20. The van der Waals surface area contributed by atoms with Gasteiger partial charge in [-0.15, -0.1) is 0 Å². The Balaban J connectivity index is 2.90. The number of halogens is 2. The summed E-state index contributed by atoms with van der Waals surface area (Å²) in [5, 5.41) is 0.258. The van der Waals surface area contributed by atoms with Crippen LogP contribution in [0.3, 0.4) is 0 Å². The van der Waals surface area contributed by atoms with Gasteiger partial charge in [-0.1, -0.05) is 11.6 Å². The lowest BCUT2D eigenvalue weighted by Gasteiger charge is -2.07. The van der Waals surface area contributed by atoms with E-state index >= 15 is 0 Å². The zero-order chi connectivity index (χ0) is 12.0. The van der Waals surface area contributed by atoms with E-state index in [1.807, 2.05) is 0 Å². The summed E-state index contributed by atoms with van der Waals surface area (Å²) in [5.74, 6) is 5.32. The Labute approximate surface area is 98.2 Å². The highest BCUT2D eigenvalue weighted by molar-refractivity contribution is 6.34. The summed E-state index contributed by atoms with van der Waals surface area (Å²) in [5.41, 5.74) is 2.98. The van der Waals surface area contributed by atoms with Crippen LogP contribution in [0.15, 0.2) is 23.2 Å². The zero-order valence-electron chi connectivity index (χ0n) is 8.84. The monoisotopic (exact) mass is 245 g/mol. The highest BCUT2D eigenvalue weighted by atomic mass is 35.5. The van der Waals surface area contributed by atoms with Crippen LogP contribution in [0.1, 0.15) is 5.56 Å². The molecular formula is C10H13ClFN3O. The number of aliphatic imine (C=N–C) groups is 1. The molecule has 6 heteroatoms. The van der Waals surface area contributed by atoms with Crippen molar-refractivity contribution in [3.8, 4) is 0 Å². The third-order valence-electron chi connectivity index (χ3n) is 1.89. The molecule has 0 saturated carbocycles. The Morgan fingerprint density at radius 1 is 1.62 bits per heavy atom. The fraction of sp³-hybridized carbons (Fsp3) is 0.300. The molecule has 1 aromatic rings. The van der Waals surface area contributed by atoms with Gasteiger partial charge >= 0.3 is 0 Å². The smallest absolute Gasteiger partial charge is 0.144 e. The number of rotatable bonds is 4. The maximum atomic E-state index is 12.8. The van der Waals surface area contributed by atoms with Gasteiger partial charge in [0.2, 0.25) is 0 Å². The first-order valence-corrected chi connectivity index (χ1v) is 5.02. The van der Waals surface area contributed by atoms with Gasteiger partial charge in [0, 0.05) is 12.7 Å². The lowest BCUT2D eigenvalue weighted by molar-refractivity contribution is 0.208. The van der Waals surface area contributed by atoms with Crippen molar-refractivity contribution in [1.29, 1.82) is 0 Å². The van der Waals surface area contributed by atoms with E-state index in [-0.39, 0.29) is 5.02 Å². The van der Waals surface area contributed by atoms with Crippen LogP contribution in [-0.2, 0) is 4.74 Å². The summed E-state index contributed by atoms with van der Waals surface area (Å²) in [6, 6.07) is 4.02. The van der Waals surface area contributed by atoms with Crippen LogP contribution in [0.25, 0.3) is 0 Å². The molecule has 0 aromatic heterocycles. The number of nitrogens with two attached hydrogens (primary N) is 1. The Hall–Kier alpha value is -1.17. The molecule has 88 valence electrons. The van der Waals surface area contributed by atoms with Gasteiger partial charge in [-0.3, -0.25) is 4.99 Å². The van der Waals surface area contributed by atoms with Gasteiger partial charge < -0.3 is 10.2 Å². The molecule has 0 spiro atoms. The average molecular weight is 246 g/mol. The molecule has 1 aromatic carbocycles. The summed E-state index contributed by atoms with van der Waals surface area (Å²) < 4.78 is 17.7. The lowest BCUT2D eigenvalue weighted by atomic mass is 10.2. The molecule has 1 rings (SSSR count). The standard InChI is InChI=1S/C10H13ClFN3O/c1-16-5-4-14-10(15-13)8-3-2-7(12)6-9(8)11/h2-3,6H,4-5,13H2,1H3,(H,14,15). The van der Waals surface area contributed by atoms with E-state index < -0.39 is 5.82 Å². The number of hydrazine groups is 1. The first-order chi connectivity index (χ1) is 7.69. The van der Waals surface area contributed by atoms with Gasteiger partial charge in [0.05, 0.1) is 18.2 Å². The van der Waals surface area contributed by atoms with E-state index in [0.29, 0.717) is 24.6 Å². The molecule has 0 radical (unpaired) electrons. The molecule has 0 aliphatic heterocycles. The maximum absolute atomic E-state index is 12.8. The van der Waals surface area contributed by atoms with Gasteiger partial charge in [-0.2, -0.15) is 0 Å². The summed E-state index contributed by atoms with van der Waals surface area (Å²) in [7, 11) is 1.58. The van der Waals surface area contributed by atoms with Crippen LogP contribution in [0.2, 0.25) is 5.02 Å². The second kappa shape index (κ2) is 6.42. The van der Waals surface area contributed by atoms with Crippen molar-refractivity contribution < 1.29 is 9.13 Å². The predicted molar refractivity (Wildman–Crippen MR) is 62.0 cm³/mol. The quantitative estimate of drug-likeness (QED) is 0.277. The molecule has 4 nitrogen and oxygen atoms in total. The number of hydrogen-bond donors (Lipinski definition) is 2. The summed E-state index contributed by atoms with van der Waals surface area (Å²) in [4.78, 5) is 4.14. The Bertz CT molecular complexity index is 384. The number of hydrogen-bond acceptors (Lipinski definition) is 3. The van der Waals surface area contributed by atoms with E-state index in [9.17, 15) is 4.39 Å². The normalized spacial score (nSPS) is 11.6. The molecular weight excluding hydrogens is 233 g/mol. The van der Waals surface area contributed by atoms with Gasteiger partial charge in [-0.25, -0.2) is 10.2 Å². The number of methoxy groups -OCH3 is 1. The SMILES string of the molecule is COCCN=C(NN)c1ccc(F)cc1Cl. The van der Waals surface area contributed by atoms with Crippen LogP contribution < -0.4 is 11.3 Å². The minimum atomic E-state index is -0.401. The van der Waals surface area contributed by atoms with E-state index in [4.69, 9.17) is 22.2 Å². The molecule has 0 aliphatic rings. The highest BCUT2D eigenvalue weighted by Crippen LogP contribution is 2.17. The molecule has 0 fully saturated rings. The van der Waals surface area contributed by atoms with Crippen molar-refractivity contribution in [2.24, 2.45) is 10.8 Å². The van der Waals surface area contributed by atoms with E-state index in [0.717, 1.165) is 0 Å². The molecule has 0 atom stereocenters. The Kier molecular flexibility index (Phi) is 5.18. The molecule has 0 saturated heterocycles. The zero-order valence-corrected chi connectivity index (χ0v) is 9.59. The minimum Gasteiger partial charge on any atom is -0.383 e. The number of nitrogens with zero attached hydrogens (tertiary/aromatic N) is 1. The van der Waals surface area contributed by atoms with Crippen LogP contribution in [0, 0.1) is 5.82 Å². The summed E-state index contributed by atoms with van der Waals surface area (Å²) in [6.07, 6.45) is 0. The van der Waals surface area contributed by atoms with Crippen LogP contribution in [0.4, 0.5) is 4.39 Å². The summed E-state index contributed by atoms with van der Waals surface area (Å²) in [6.45, 7) is 0.924. The van der Waals surface area contributed by atoms with Gasteiger partial charge in [-0.05, 0) is 18.2 Å². The minimum absolute atomic E-state index is 0.258. The Morgan fingerprint density at radius 2 is 2.38 bits per heavy atom. The fourth-order valence-electron chi connectivity index (χ4n) is 1.14. The molecule has 16 heavy (non-hydrogen) atoms. The maximum Gasteiger partial charge on any atom is 0.144 e. The van der Waals surface area contributed by atoms with Gasteiger partial charge in [0.1, 0.15) is 11.7 Å². The van der Waals surface area contributed by atoms with Gasteiger partial charge in [0.25, 0.3) is 0 Å². The molecule has 0 aliphatic carbocycles. The number of amidine groups is 1. The first-order valence-electron chi connectivity index (χ1n) is 4.64. The highest BCUT2D eigenvalue weighted by Gasteiger charge is 2.07.